The van der Waals surface area contributed by atoms with Crippen molar-refractivity contribution in [1.82, 2.24) is 4.57 Å². The molecule has 0 radical (unpaired) electrons. The van der Waals surface area contributed by atoms with Gasteiger partial charge in [0.1, 0.15) is 6.04 Å². The second kappa shape index (κ2) is 12.2. The maximum Gasteiger partial charge on any atom is 0.335 e. The van der Waals surface area contributed by atoms with E-state index in [1.807, 2.05) is 30.3 Å². The number of aromatic carboxylic acids is 1. The lowest BCUT2D eigenvalue weighted by Crippen LogP contribution is -2.34. The van der Waals surface area contributed by atoms with Crippen molar-refractivity contribution in [3.8, 4) is 0 Å². The number of ether oxygens (including phenoxy) is 1. The third kappa shape index (κ3) is 6.26. The number of hydrogen-bond donors (Lipinski definition) is 2. The van der Waals surface area contributed by atoms with Crippen LogP contribution in [0.15, 0.2) is 83.3 Å². The Balaban J connectivity index is 1.67. The van der Waals surface area contributed by atoms with E-state index in [1.165, 1.54) is 34.9 Å². The van der Waals surface area contributed by atoms with Crippen LogP contribution in [0.4, 0.5) is 5.69 Å². The zero-order valence-corrected chi connectivity index (χ0v) is 21.2. The third-order valence-electron chi connectivity index (χ3n) is 6.60. The quantitative estimate of drug-likeness (QED) is 0.394. The first kappa shape index (κ1) is 26.6. The van der Waals surface area contributed by atoms with E-state index >= 15 is 0 Å². The number of carboxylic acids is 1. The minimum Gasteiger partial charge on any atom is -0.478 e. The summed E-state index contributed by atoms with van der Waals surface area (Å²) in [5.41, 5.74) is 3.15. The van der Waals surface area contributed by atoms with Gasteiger partial charge in [0.2, 0.25) is 5.91 Å². The molecule has 0 fully saturated rings. The number of carbonyl (C=O) groups is 3. The van der Waals surface area contributed by atoms with Gasteiger partial charge in [-0.2, -0.15) is 0 Å². The average molecular weight is 515 g/mol. The predicted molar refractivity (Wildman–Crippen MR) is 144 cm³/mol. The van der Waals surface area contributed by atoms with Crippen molar-refractivity contribution in [2.24, 2.45) is 0 Å². The van der Waals surface area contributed by atoms with Gasteiger partial charge in [-0.25, -0.2) is 9.59 Å². The van der Waals surface area contributed by atoms with E-state index in [0.29, 0.717) is 29.7 Å². The van der Waals surface area contributed by atoms with Crippen LogP contribution in [0.25, 0.3) is 5.57 Å². The summed E-state index contributed by atoms with van der Waals surface area (Å²) in [6.07, 6.45) is 4.97. The standard InChI is InChI=1S/C30H30N2O6/c1-2-38-30(37)25-11-7-6-10-24(25)22-16-17-32(27(33)19-22)26(18-20-8-4-3-5-9-20)28(34)31-23-14-12-21(13-15-23)29(35)36/h3-5,8-9,12-17,19,26H,2,6-7,10-11,18H2,1H3,(H,31,34)(H,35,36). The number of anilines is 1. The van der Waals surface area contributed by atoms with Crippen LogP contribution in [0.1, 0.15) is 60.1 Å². The van der Waals surface area contributed by atoms with Gasteiger partial charge in [-0.1, -0.05) is 30.3 Å². The summed E-state index contributed by atoms with van der Waals surface area (Å²) >= 11 is 0. The minimum absolute atomic E-state index is 0.106. The molecule has 0 bridgehead atoms. The summed E-state index contributed by atoms with van der Waals surface area (Å²) < 4.78 is 6.63. The largest absolute Gasteiger partial charge is 0.478 e. The number of aromatic nitrogens is 1. The Bertz CT molecular complexity index is 1410. The van der Waals surface area contributed by atoms with Gasteiger partial charge in [0.25, 0.3) is 5.56 Å². The molecule has 4 rings (SSSR count). The van der Waals surface area contributed by atoms with Gasteiger partial charge in [0.15, 0.2) is 0 Å². The van der Waals surface area contributed by atoms with Gasteiger partial charge in [-0.15, -0.1) is 0 Å². The Hall–Kier alpha value is -4.46. The van der Waals surface area contributed by atoms with Gasteiger partial charge in [0.05, 0.1) is 12.2 Å². The summed E-state index contributed by atoms with van der Waals surface area (Å²) in [6.45, 7) is 2.05. The van der Waals surface area contributed by atoms with Crippen LogP contribution >= 0.6 is 0 Å². The Morgan fingerprint density at radius 2 is 1.71 bits per heavy atom. The number of hydrogen-bond acceptors (Lipinski definition) is 5. The molecule has 38 heavy (non-hydrogen) atoms. The van der Waals surface area contributed by atoms with Crippen LogP contribution < -0.4 is 10.9 Å². The van der Waals surface area contributed by atoms with E-state index in [2.05, 4.69) is 5.32 Å². The molecule has 2 aromatic carbocycles. The lowest BCUT2D eigenvalue weighted by Gasteiger charge is -2.22. The van der Waals surface area contributed by atoms with E-state index in [1.54, 1.807) is 19.2 Å². The van der Waals surface area contributed by atoms with Crippen LogP contribution in [-0.4, -0.2) is 34.1 Å². The van der Waals surface area contributed by atoms with Crippen molar-refractivity contribution in [1.29, 1.82) is 0 Å². The molecular formula is C30H30N2O6. The van der Waals surface area contributed by atoms with E-state index in [-0.39, 0.29) is 30.1 Å². The first-order valence-electron chi connectivity index (χ1n) is 12.7. The first-order valence-corrected chi connectivity index (χ1v) is 12.7. The number of carbonyl (C=O) groups excluding carboxylic acids is 2. The van der Waals surface area contributed by atoms with Crippen molar-refractivity contribution >= 4 is 29.1 Å². The zero-order chi connectivity index (χ0) is 27.1. The van der Waals surface area contributed by atoms with Crippen molar-refractivity contribution in [3.63, 3.8) is 0 Å². The molecule has 0 aliphatic heterocycles. The monoisotopic (exact) mass is 514 g/mol. The summed E-state index contributed by atoms with van der Waals surface area (Å²) in [5, 5.41) is 11.9. The molecule has 2 N–H and O–H groups in total. The fourth-order valence-electron chi connectivity index (χ4n) is 4.68. The SMILES string of the molecule is CCOC(=O)C1=C(c2ccn(C(Cc3ccccc3)C(=O)Nc3ccc(C(=O)O)cc3)c(=O)c2)CCCC1. The second-order valence-electron chi connectivity index (χ2n) is 9.12. The predicted octanol–water partition coefficient (Wildman–Crippen LogP) is 4.86. The molecule has 1 atom stereocenters. The van der Waals surface area contributed by atoms with Crippen molar-refractivity contribution < 1.29 is 24.2 Å². The minimum atomic E-state index is -1.06. The molecule has 1 heterocycles. The Morgan fingerprint density at radius 1 is 1.00 bits per heavy atom. The van der Waals surface area contributed by atoms with Crippen LogP contribution in [0.2, 0.25) is 0 Å². The Labute approximate surface area is 220 Å². The first-order chi connectivity index (χ1) is 18.4. The second-order valence-corrected chi connectivity index (χ2v) is 9.12. The van der Waals surface area contributed by atoms with Gasteiger partial charge >= 0.3 is 11.9 Å². The molecule has 1 aliphatic rings. The lowest BCUT2D eigenvalue weighted by molar-refractivity contribution is -0.138. The maximum absolute atomic E-state index is 13.4. The number of nitrogens with one attached hydrogen (secondary N) is 1. The van der Waals surface area contributed by atoms with Gasteiger partial charge < -0.3 is 19.7 Å². The van der Waals surface area contributed by atoms with E-state index in [9.17, 15) is 19.2 Å². The lowest BCUT2D eigenvalue weighted by atomic mass is 9.87. The highest BCUT2D eigenvalue weighted by Crippen LogP contribution is 2.32. The van der Waals surface area contributed by atoms with Crippen molar-refractivity contribution in [2.45, 2.75) is 45.1 Å². The molecular weight excluding hydrogens is 484 g/mol. The maximum atomic E-state index is 13.4. The van der Waals surface area contributed by atoms with Crippen LogP contribution in [0.3, 0.4) is 0 Å². The molecule has 196 valence electrons. The van der Waals surface area contributed by atoms with E-state index < -0.39 is 17.9 Å². The molecule has 8 heteroatoms. The highest BCUT2D eigenvalue weighted by molar-refractivity contribution is 5.98. The summed E-state index contributed by atoms with van der Waals surface area (Å²) in [6, 6.07) is 17.6. The highest BCUT2D eigenvalue weighted by atomic mass is 16.5. The highest BCUT2D eigenvalue weighted by Gasteiger charge is 2.25. The molecule has 1 amide bonds. The Morgan fingerprint density at radius 3 is 2.37 bits per heavy atom. The zero-order valence-electron chi connectivity index (χ0n) is 21.2. The smallest absolute Gasteiger partial charge is 0.335 e. The molecule has 0 spiro atoms. The van der Waals surface area contributed by atoms with Crippen molar-refractivity contribution in [3.05, 3.63) is 106 Å². The fraction of sp³-hybridized carbons (Fsp3) is 0.267. The number of allylic oxidation sites excluding steroid dienone is 1. The van der Waals surface area contributed by atoms with E-state index in [0.717, 1.165) is 24.0 Å². The molecule has 1 aromatic heterocycles. The van der Waals surface area contributed by atoms with Crippen molar-refractivity contribution in [2.75, 3.05) is 11.9 Å². The van der Waals surface area contributed by atoms with Crippen LogP contribution in [0, 0.1) is 0 Å². The molecule has 8 nitrogen and oxygen atoms in total. The molecule has 3 aromatic rings. The number of pyridine rings is 1. The normalized spacial score (nSPS) is 14.0. The molecule has 1 unspecified atom stereocenters. The number of carboxylic acid groups (broad SMARTS) is 1. The summed E-state index contributed by atoms with van der Waals surface area (Å²) in [7, 11) is 0. The van der Waals surface area contributed by atoms with Gasteiger partial charge in [-0.3, -0.25) is 9.59 Å². The molecule has 1 aliphatic carbocycles. The van der Waals surface area contributed by atoms with Crippen LogP contribution in [-0.2, 0) is 20.7 Å². The topological polar surface area (TPSA) is 115 Å². The van der Waals surface area contributed by atoms with Gasteiger partial charge in [-0.05, 0) is 79.6 Å². The van der Waals surface area contributed by atoms with Crippen LogP contribution in [0.5, 0.6) is 0 Å². The number of rotatable bonds is 9. The third-order valence-corrected chi connectivity index (χ3v) is 6.60. The number of amides is 1. The number of benzene rings is 2. The average Bonchev–Trinajstić information content (AvgIpc) is 2.93. The fourth-order valence-corrected chi connectivity index (χ4v) is 4.68. The van der Waals surface area contributed by atoms with Gasteiger partial charge in [0, 0.05) is 29.9 Å². The number of nitrogens with zero attached hydrogens (tertiary/aromatic N) is 1. The molecule has 0 saturated heterocycles. The summed E-state index contributed by atoms with van der Waals surface area (Å²) in [5.74, 6) is -1.81. The molecule has 0 saturated carbocycles. The summed E-state index contributed by atoms with van der Waals surface area (Å²) in [4.78, 5) is 50.5. The number of esters is 1. The van der Waals surface area contributed by atoms with E-state index in [4.69, 9.17) is 9.84 Å². The Kier molecular flexibility index (Phi) is 8.53.